The second-order valence-electron chi connectivity index (χ2n) is 6.64. The zero-order chi connectivity index (χ0) is 15.3. The van der Waals surface area contributed by atoms with Gasteiger partial charge in [-0.05, 0) is 59.9 Å². The standard InChI is InChI=1S/C16H32N2O2/c1-7-10-18(14-8-9-14)13(4)11-16(5,15(19)20-6)17-12(2)3/h12-14,17H,7-11H2,1-6H3. The quantitative estimate of drug-likeness (QED) is 0.661. The van der Waals surface area contributed by atoms with E-state index in [-0.39, 0.29) is 12.0 Å². The summed E-state index contributed by atoms with van der Waals surface area (Å²) in [5.41, 5.74) is -0.608. The summed E-state index contributed by atoms with van der Waals surface area (Å²) in [5, 5.41) is 3.39. The van der Waals surface area contributed by atoms with Gasteiger partial charge < -0.3 is 4.74 Å². The number of ether oxygens (including phenoxy) is 1. The first-order chi connectivity index (χ1) is 9.34. The average molecular weight is 284 g/mol. The fraction of sp³-hybridized carbons (Fsp3) is 0.938. The van der Waals surface area contributed by atoms with Gasteiger partial charge in [0.1, 0.15) is 5.54 Å². The molecule has 0 amide bonds. The van der Waals surface area contributed by atoms with Crippen LogP contribution in [0.4, 0.5) is 0 Å². The van der Waals surface area contributed by atoms with Crippen molar-refractivity contribution in [1.82, 2.24) is 10.2 Å². The van der Waals surface area contributed by atoms with E-state index in [4.69, 9.17) is 4.74 Å². The molecular weight excluding hydrogens is 252 g/mol. The number of hydrogen-bond donors (Lipinski definition) is 1. The third kappa shape index (κ3) is 4.74. The molecule has 0 bridgehead atoms. The molecule has 0 radical (unpaired) electrons. The Morgan fingerprint density at radius 2 is 2.00 bits per heavy atom. The van der Waals surface area contributed by atoms with Gasteiger partial charge in [0.25, 0.3) is 0 Å². The summed E-state index contributed by atoms with van der Waals surface area (Å²) in [5.74, 6) is -0.162. The highest BCUT2D eigenvalue weighted by atomic mass is 16.5. The Labute approximate surface area is 124 Å². The largest absolute Gasteiger partial charge is 0.468 e. The maximum Gasteiger partial charge on any atom is 0.325 e. The summed E-state index contributed by atoms with van der Waals surface area (Å²) in [6, 6.07) is 1.37. The molecule has 118 valence electrons. The predicted molar refractivity (Wildman–Crippen MR) is 82.8 cm³/mol. The topological polar surface area (TPSA) is 41.6 Å². The third-order valence-corrected chi connectivity index (χ3v) is 4.01. The molecule has 1 N–H and O–H groups in total. The molecule has 0 aromatic heterocycles. The summed E-state index contributed by atoms with van der Waals surface area (Å²) in [7, 11) is 1.47. The third-order valence-electron chi connectivity index (χ3n) is 4.01. The van der Waals surface area contributed by atoms with Crippen molar-refractivity contribution in [2.24, 2.45) is 0 Å². The lowest BCUT2D eigenvalue weighted by Gasteiger charge is -2.37. The number of nitrogens with one attached hydrogen (secondary N) is 1. The Bertz CT molecular complexity index is 316. The minimum Gasteiger partial charge on any atom is -0.468 e. The first-order valence-electron chi connectivity index (χ1n) is 7.96. The SMILES string of the molecule is CCCN(C(C)CC(C)(NC(C)C)C(=O)OC)C1CC1. The smallest absolute Gasteiger partial charge is 0.325 e. The van der Waals surface area contributed by atoms with Crippen LogP contribution >= 0.6 is 0 Å². The van der Waals surface area contributed by atoms with Crippen molar-refractivity contribution >= 4 is 5.97 Å². The lowest BCUT2D eigenvalue weighted by Crippen LogP contribution is -2.56. The first kappa shape index (κ1) is 17.4. The number of esters is 1. The van der Waals surface area contributed by atoms with Gasteiger partial charge in [-0.3, -0.25) is 15.0 Å². The highest BCUT2D eigenvalue weighted by Crippen LogP contribution is 2.31. The molecule has 0 aliphatic heterocycles. The molecule has 0 spiro atoms. The normalized spacial score (nSPS) is 20.0. The molecule has 2 unspecified atom stereocenters. The van der Waals surface area contributed by atoms with Crippen LogP contribution < -0.4 is 5.32 Å². The van der Waals surface area contributed by atoms with Gasteiger partial charge in [0.2, 0.25) is 0 Å². The van der Waals surface area contributed by atoms with E-state index in [9.17, 15) is 4.79 Å². The van der Waals surface area contributed by atoms with Crippen LogP contribution in [0.2, 0.25) is 0 Å². The van der Waals surface area contributed by atoms with Crippen LogP contribution in [0.1, 0.15) is 60.3 Å². The number of carbonyl (C=O) groups is 1. The molecule has 4 heteroatoms. The van der Waals surface area contributed by atoms with Gasteiger partial charge >= 0.3 is 5.97 Å². The average Bonchev–Trinajstić information content (AvgIpc) is 3.17. The molecule has 4 nitrogen and oxygen atoms in total. The Morgan fingerprint density at radius 3 is 2.40 bits per heavy atom. The second kappa shape index (κ2) is 7.41. The molecule has 0 heterocycles. The van der Waals surface area contributed by atoms with Gasteiger partial charge in [0.15, 0.2) is 0 Å². The molecular formula is C16H32N2O2. The summed E-state index contributed by atoms with van der Waals surface area (Å²) in [4.78, 5) is 14.7. The van der Waals surface area contributed by atoms with E-state index < -0.39 is 5.54 Å². The number of hydrogen-bond acceptors (Lipinski definition) is 4. The van der Waals surface area contributed by atoms with Crippen molar-refractivity contribution in [3.05, 3.63) is 0 Å². The van der Waals surface area contributed by atoms with E-state index in [1.165, 1.54) is 20.0 Å². The zero-order valence-electron chi connectivity index (χ0n) is 14.0. The summed E-state index contributed by atoms with van der Waals surface area (Å²) < 4.78 is 5.01. The van der Waals surface area contributed by atoms with Crippen LogP contribution in [-0.4, -0.2) is 48.2 Å². The molecule has 1 fully saturated rings. The number of rotatable bonds is 9. The first-order valence-corrected chi connectivity index (χ1v) is 7.96. The number of methoxy groups -OCH3 is 1. The Hall–Kier alpha value is -0.610. The second-order valence-corrected chi connectivity index (χ2v) is 6.64. The predicted octanol–water partition coefficient (Wildman–Crippen LogP) is 2.57. The summed E-state index contributed by atoms with van der Waals surface area (Å²) in [6.45, 7) is 11.7. The van der Waals surface area contributed by atoms with Crippen molar-refractivity contribution in [3.8, 4) is 0 Å². The highest BCUT2D eigenvalue weighted by molar-refractivity contribution is 5.80. The monoisotopic (exact) mass is 284 g/mol. The Kier molecular flexibility index (Phi) is 6.46. The molecule has 2 atom stereocenters. The van der Waals surface area contributed by atoms with E-state index in [0.29, 0.717) is 6.04 Å². The van der Waals surface area contributed by atoms with Gasteiger partial charge in [-0.15, -0.1) is 0 Å². The maximum absolute atomic E-state index is 12.2. The molecule has 0 aromatic rings. The van der Waals surface area contributed by atoms with E-state index in [1.54, 1.807) is 0 Å². The van der Waals surface area contributed by atoms with Gasteiger partial charge in [0, 0.05) is 18.1 Å². The molecule has 0 saturated heterocycles. The number of carbonyl (C=O) groups excluding carboxylic acids is 1. The highest BCUT2D eigenvalue weighted by Gasteiger charge is 2.40. The minimum absolute atomic E-state index is 0.162. The van der Waals surface area contributed by atoms with Crippen molar-refractivity contribution in [3.63, 3.8) is 0 Å². The van der Waals surface area contributed by atoms with Gasteiger partial charge in [-0.2, -0.15) is 0 Å². The van der Waals surface area contributed by atoms with Crippen LogP contribution in [0, 0.1) is 0 Å². The molecule has 1 aliphatic rings. The van der Waals surface area contributed by atoms with Gasteiger partial charge in [0.05, 0.1) is 7.11 Å². The molecule has 1 rings (SSSR count). The van der Waals surface area contributed by atoms with E-state index >= 15 is 0 Å². The number of nitrogens with zero attached hydrogens (tertiary/aromatic N) is 1. The molecule has 20 heavy (non-hydrogen) atoms. The Balaban J connectivity index is 2.74. The van der Waals surface area contributed by atoms with Crippen molar-refractivity contribution in [2.75, 3.05) is 13.7 Å². The van der Waals surface area contributed by atoms with Crippen LogP contribution in [0.25, 0.3) is 0 Å². The summed E-state index contributed by atoms with van der Waals surface area (Å²) >= 11 is 0. The Morgan fingerprint density at radius 1 is 1.40 bits per heavy atom. The fourth-order valence-corrected chi connectivity index (χ4v) is 3.20. The van der Waals surface area contributed by atoms with E-state index in [2.05, 4.69) is 37.9 Å². The lowest BCUT2D eigenvalue weighted by molar-refractivity contribution is -0.149. The molecule has 0 aromatic carbocycles. The van der Waals surface area contributed by atoms with E-state index in [1.807, 2.05) is 6.92 Å². The maximum atomic E-state index is 12.2. The zero-order valence-corrected chi connectivity index (χ0v) is 14.0. The summed E-state index contributed by atoms with van der Waals surface area (Å²) in [6.07, 6.45) is 4.55. The van der Waals surface area contributed by atoms with Crippen LogP contribution in [-0.2, 0) is 9.53 Å². The lowest BCUT2D eigenvalue weighted by atomic mass is 9.91. The van der Waals surface area contributed by atoms with Crippen LogP contribution in [0.3, 0.4) is 0 Å². The fourth-order valence-electron chi connectivity index (χ4n) is 3.20. The minimum atomic E-state index is -0.608. The van der Waals surface area contributed by atoms with Crippen LogP contribution in [0.15, 0.2) is 0 Å². The van der Waals surface area contributed by atoms with Gasteiger partial charge in [-0.1, -0.05) is 6.92 Å². The van der Waals surface area contributed by atoms with Crippen molar-refractivity contribution in [1.29, 1.82) is 0 Å². The van der Waals surface area contributed by atoms with Crippen molar-refractivity contribution in [2.45, 2.75) is 84.0 Å². The van der Waals surface area contributed by atoms with Gasteiger partial charge in [-0.25, -0.2) is 0 Å². The molecule has 1 aliphatic carbocycles. The van der Waals surface area contributed by atoms with E-state index in [0.717, 1.165) is 25.4 Å². The van der Waals surface area contributed by atoms with Crippen molar-refractivity contribution < 1.29 is 9.53 Å². The van der Waals surface area contributed by atoms with Crippen LogP contribution in [0.5, 0.6) is 0 Å². The molecule has 1 saturated carbocycles.